The molecule has 1 fully saturated rings. The van der Waals surface area contributed by atoms with E-state index in [1.165, 1.54) is 24.3 Å². The first kappa shape index (κ1) is 20.2. The highest BCUT2D eigenvalue weighted by Gasteiger charge is 2.28. The molecular weight excluding hydrogens is 354 g/mol. The van der Waals surface area contributed by atoms with E-state index in [9.17, 15) is 19.2 Å². The summed E-state index contributed by atoms with van der Waals surface area (Å²) in [5.74, 6) is -2.80. The van der Waals surface area contributed by atoms with E-state index in [4.69, 9.17) is 9.84 Å². The molecule has 0 saturated heterocycles. The summed E-state index contributed by atoms with van der Waals surface area (Å²) >= 11 is 0. The summed E-state index contributed by atoms with van der Waals surface area (Å²) in [6.07, 6.45) is 2.71. The number of benzene rings is 1. The molecule has 8 heteroatoms. The number of esters is 2. The molecule has 0 unspecified atom stereocenters. The van der Waals surface area contributed by atoms with Crippen LogP contribution in [0.15, 0.2) is 36.9 Å². The van der Waals surface area contributed by atoms with Gasteiger partial charge in [-0.15, -0.1) is 0 Å². The number of ether oxygens (including phenoxy) is 2. The number of carbonyl (C=O) groups excluding carboxylic acids is 3. The van der Waals surface area contributed by atoms with Crippen molar-refractivity contribution in [3.05, 3.63) is 48.0 Å². The lowest BCUT2D eigenvalue weighted by molar-refractivity contribution is -0.143. The Hall–Kier alpha value is -3.16. The number of nitrogens with one attached hydrogen (secondary N) is 1. The molecule has 2 rings (SSSR count). The van der Waals surface area contributed by atoms with E-state index in [0.717, 1.165) is 6.08 Å². The normalized spacial score (nSPS) is 18.8. The van der Waals surface area contributed by atoms with Gasteiger partial charge in [0.05, 0.1) is 11.5 Å². The van der Waals surface area contributed by atoms with E-state index in [2.05, 4.69) is 16.6 Å². The lowest BCUT2D eigenvalue weighted by Gasteiger charge is -2.25. The number of carboxylic acids is 1. The molecule has 8 nitrogen and oxygen atoms in total. The smallest absolute Gasteiger partial charge is 0.338 e. The molecule has 0 atom stereocenters. The average Bonchev–Trinajstić information content (AvgIpc) is 2.68. The molecule has 0 bridgehead atoms. The first-order chi connectivity index (χ1) is 12.9. The highest BCUT2D eigenvalue weighted by Crippen LogP contribution is 2.27. The summed E-state index contributed by atoms with van der Waals surface area (Å²) in [6.45, 7) is 2.95. The van der Waals surface area contributed by atoms with Crippen LogP contribution in [0.5, 0.6) is 0 Å². The van der Waals surface area contributed by atoms with Crippen molar-refractivity contribution in [2.24, 2.45) is 5.92 Å². The standard InChI is InChI=1S/C19H21NO7/c1-2-16(21)26-11-20-17(22)12-3-5-14(6-4-12)19(25)27-15-9-7-13(8-10-15)18(23)24/h2-6,13,15H,1,7-11H2,(H,20,22)(H,23,24). The Morgan fingerprint density at radius 2 is 1.67 bits per heavy atom. The maximum Gasteiger partial charge on any atom is 0.338 e. The number of carboxylic acid groups (broad SMARTS) is 1. The van der Waals surface area contributed by atoms with E-state index in [1.807, 2.05) is 0 Å². The Labute approximate surface area is 156 Å². The van der Waals surface area contributed by atoms with E-state index >= 15 is 0 Å². The first-order valence-corrected chi connectivity index (χ1v) is 8.52. The largest absolute Gasteiger partial charge is 0.481 e. The Balaban J connectivity index is 1.82. The summed E-state index contributed by atoms with van der Waals surface area (Å²) in [4.78, 5) is 45.9. The summed E-state index contributed by atoms with van der Waals surface area (Å²) in [6, 6.07) is 5.86. The van der Waals surface area contributed by atoms with Crippen LogP contribution in [0.1, 0.15) is 46.4 Å². The first-order valence-electron chi connectivity index (χ1n) is 8.52. The Morgan fingerprint density at radius 1 is 1.07 bits per heavy atom. The van der Waals surface area contributed by atoms with Crippen LogP contribution >= 0.6 is 0 Å². The fraction of sp³-hybridized carbons (Fsp3) is 0.368. The van der Waals surface area contributed by atoms with E-state index in [1.54, 1.807) is 0 Å². The number of hydrogen-bond donors (Lipinski definition) is 2. The minimum Gasteiger partial charge on any atom is -0.481 e. The number of amides is 1. The van der Waals surface area contributed by atoms with Gasteiger partial charge >= 0.3 is 17.9 Å². The van der Waals surface area contributed by atoms with Gasteiger partial charge in [-0.1, -0.05) is 6.58 Å². The molecule has 1 amide bonds. The number of rotatable bonds is 7. The van der Waals surface area contributed by atoms with Gasteiger partial charge in [-0.3, -0.25) is 9.59 Å². The van der Waals surface area contributed by atoms with Crippen molar-refractivity contribution in [2.45, 2.75) is 31.8 Å². The fourth-order valence-corrected chi connectivity index (χ4v) is 2.74. The Bertz CT molecular complexity index is 718. The quantitative estimate of drug-likeness (QED) is 0.424. The van der Waals surface area contributed by atoms with Crippen LogP contribution < -0.4 is 5.32 Å². The minimum atomic E-state index is -0.812. The van der Waals surface area contributed by atoms with Gasteiger partial charge in [-0.25, -0.2) is 9.59 Å². The molecule has 1 aliphatic rings. The van der Waals surface area contributed by atoms with Gasteiger partial charge in [0.2, 0.25) is 0 Å². The highest BCUT2D eigenvalue weighted by atomic mass is 16.5. The Morgan fingerprint density at radius 3 is 2.22 bits per heavy atom. The van der Waals surface area contributed by atoms with E-state index in [0.29, 0.717) is 36.8 Å². The lowest BCUT2D eigenvalue weighted by Crippen LogP contribution is -2.28. The van der Waals surface area contributed by atoms with Gasteiger partial charge in [0.15, 0.2) is 6.73 Å². The third-order valence-corrected chi connectivity index (χ3v) is 4.29. The van der Waals surface area contributed by atoms with E-state index in [-0.39, 0.29) is 18.8 Å². The highest BCUT2D eigenvalue weighted by molar-refractivity contribution is 5.96. The lowest BCUT2D eigenvalue weighted by atomic mass is 9.87. The number of carbonyl (C=O) groups is 4. The van der Waals surface area contributed by atoms with Crippen molar-refractivity contribution in [1.82, 2.24) is 5.32 Å². The van der Waals surface area contributed by atoms with Crippen molar-refractivity contribution >= 4 is 23.8 Å². The van der Waals surface area contributed by atoms with Gasteiger partial charge in [0.25, 0.3) is 5.91 Å². The maximum atomic E-state index is 12.2. The maximum absolute atomic E-state index is 12.2. The molecule has 1 aliphatic carbocycles. The molecular formula is C19H21NO7. The van der Waals surface area contributed by atoms with Crippen molar-refractivity contribution < 1.29 is 33.8 Å². The van der Waals surface area contributed by atoms with Gasteiger partial charge in [-0.05, 0) is 49.9 Å². The van der Waals surface area contributed by atoms with Crippen LogP contribution in [0.3, 0.4) is 0 Å². The van der Waals surface area contributed by atoms with E-state index < -0.39 is 23.8 Å². The molecule has 2 N–H and O–H groups in total. The zero-order valence-electron chi connectivity index (χ0n) is 14.7. The van der Waals surface area contributed by atoms with Crippen LogP contribution in [-0.2, 0) is 19.1 Å². The van der Waals surface area contributed by atoms with Gasteiger partial charge in [0.1, 0.15) is 6.10 Å². The molecule has 0 spiro atoms. The monoisotopic (exact) mass is 375 g/mol. The predicted molar refractivity (Wildman–Crippen MR) is 93.9 cm³/mol. The molecule has 27 heavy (non-hydrogen) atoms. The van der Waals surface area contributed by atoms with Crippen molar-refractivity contribution in [2.75, 3.05) is 6.73 Å². The van der Waals surface area contributed by atoms with Gasteiger partial charge in [-0.2, -0.15) is 0 Å². The average molecular weight is 375 g/mol. The molecule has 0 heterocycles. The van der Waals surface area contributed by atoms with Crippen LogP contribution in [0.2, 0.25) is 0 Å². The number of aliphatic carboxylic acids is 1. The topological polar surface area (TPSA) is 119 Å². The zero-order chi connectivity index (χ0) is 19.8. The third kappa shape index (κ3) is 5.95. The third-order valence-electron chi connectivity index (χ3n) is 4.29. The van der Waals surface area contributed by atoms with Crippen LogP contribution in [0.25, 0.3) is 0 Å². The van der Waals surface area contributed by atoms with Gasteiger partial charge in [0, 0.05) is 11.6 Å². The molecule has 1 aromatic carbocycles. The second-order valence-electron chi connectivity index (χ2n) is 6.11. The second kappa shape index (κ2) is 9.51. The van der Waals surface area contributed by atoms with Crippen molar-refractivity contribution in [3.8, 4) is 0 Å². The zero-order valence-corrected chi connectivity index (χ0v) is 14.7. The molecule has 0 aromatic heterocycles. The Kier molecular flexibility index (Phi) is 7.10. The number of hydrogen-bond acceptors (Lipinski definition) is 6. The summed E-state index contributed by atoms with van der Waals surface area (Å²) < 4.78 is 10.1. The molecule has 0 radical (unpaired) electrons. The van der Waals surface area contributed by atoms with Crippen LogP contribution in [-0.4, -0.2) is 41.8 Å². The fourth-order valence-electron chi connectivity index (χ4n) is 2.74. The predicted octanol–water partition coefficient (Wildman–Crippen LogP) is 1.90. The van der Waals surface area contributed by atoms with Gasteiger partial charge < -0.3 is 19.9 Å². The summed E-state index contributed by atoms with van der Waals surface area (Å²) in [5, 5.41) is 11.4. The summed E-state index contributed by atoms with van der Waals surface area (Å²) in [7, 11) is 0. The van der Waals surface area contributed by atoms with Crippen molar-refractivity contribution in [3.63, 3.8) is 0 Å². The van der Waals surface area contributed by atoms with Crippen LogP contribution in [0, 0.1) is 5.92 Å². The van der Waals surface area contributed by atoms with Crippen LogP contribution in [0.4, 0.5) is 0 Å². The minimum absolute atomic E-state index is 0.285. The molecule has 1 aromatic rings. The SMILES string of the molecule is C=CC(=O)OCNC(=O)c1ccc(C(=O)OC2CCC(C(=O)O)CC2)cc1. The summed E-state index contributed by atoms with van der Waals surface area (Å²) in [5.41, 5.74) is 0.591. The van der Waals surface area contributed by atoms with Crippen molar-refractivity contribution in [1.29, 1.82) is 0 Å². The molecule has 1 saturated carbocycles. The second-order valence-corrected chi connectivity index (χ2v) is 6.11. The molecule has 0 aliphatic heterocycles. The molecule has 144 valence electrons.